The van der Waals surface area contributed by atoms with E-state index in [1.165, 1.54) is 12.1 Å². The summed E-state index contributed by atoms with van der Waals surface area (Å²) in [6, 6.07) is 6.03. The minimum atomic E-state index is -4.67. The maximum atomic E-state index is 8.74. The molecule has 1 aromatic rings. The lowest BCUT2D eigenvalue weighted by atomic mass is 10.2. The third-order valence-corrected chi connectivity index (χ3v) is 1.23. The summed E-state index contributed by atoms with van der Waals surface area (Å²) in [6.07, 6.45) is 4.11. The molecular formula is C8H13NO4S. The van der Waals surface area contributed by atoms with Gasteiger partial charge in [0.2, 0.25) is 0 Å². The van der Waals surface area contributed by atoms with Crippen molar-refractivity contribution < 1.29 is 17.5 Å². The lowest BCUT2D eigenvalue weighted by Gasteiger charge is -1.92. The van der Waals surface area contributed by atoms with Crippen LogP contribution in [0.2, 0.25) is 0 Å². The van der Waals surface area contributed by atoms with Crippen molar-refractivity contribution in [3.05, 3.63) is 30.1 Å². The predicted octanol–water partition coefficient (Wildman–Crippen LogP) is 1.38. The summed E-state index contributed by atoms with van der Waals surface area (Å²) in [5, 5.41) is 0. The summed E-state index contributed by atoms with van der Waals surface area (Å²) < 4.78 is 31.6. The van der Waals surface area contributed by atoms with E-state index in [2.05, 4.69) is 18.0 Å². The molecule has 0 unspecified atom stereocenters. The Labute approximate surface area is 83.4 Å². The summed E-state index contributed by atoms with van der Waals surface area (Å²) in [7, 11) is -4.67. The molecule has 0 spiro atoms. The van der Waals surface area contributed by atoms with Crippen LogP contribution in [0.4, 0.5) is 0 Å². The third-order valence-electron chi connectivity index (χ3n) is 1.23. The minimum absolute atomic E-state index is 1.10. The molecule has 0 bridgehead atoms. The maximum absolute atomic E-state index is 8.74. The number of hydrogen-bond donors (Lipinski definition) is 2. The van der Waals surface area contributed by atoms with Crippen LogP contribution in [0.3, 0.4) is 0 Å². The molecule has 0 saturated carbocycles. The number of nitrogens with zero attached hydrogens (tertiary/aromatic N) is 1. The number of hydrogen-bond acceptors (Lipinski definition) is 3. The third kappa shape index (κ3) is 11.0. The standard InChI is InChI=1S/C8H11N.H2O4S/c1-2-5-8-6-3-4-7-9-8;1-5(2,3)4/h3-4,6-7H,2,5H2,1H3;(H2,1,2,3,4). The Morgan fingerprint density at radius 3 is 2.29 bits per heavy atom. The topological polar surface area (TPSA) is 87.5 Å². The minimum Gasteiger partial charge on any atom is -0.264 e. The molecule has 14 heavy (non-hydrogen) atoms. The van der Waals surface area contributed by atoms with Crippen molar-refractivity contribution >= 4 is 10.4 Å². The van der Waals surface area contributed by atoms with Gasteiger partial charge in [0, 0.05) is 11.9 Å². The van der Waals surface area contributed by atoms with Crippen molar-refractivity contribution in [2.75, 3.05) is 0 Å². The monoisotopic (exact) mass is 219 g/mol. The first kappa shape index (κ1) is 13.0. The Bertz CT molecular complexity index is 328. The van der Waals surface area contributed by atoms with Crippen molar-refractivity contribution in [2.24, 2.45) is 0 Å². The van der Waals surface area contributed by atoms with Crippen LogP contribution in [0.1, 0.15) is 19.0 Å². The fourth-order valence-corrected chi connectivity index (χ4v) is 0.802. The Morgan fingerprint density at radius 1 is 1.36 bits per heavy atom. The molecule has 0 amide bonds. The zero-order valence-corrected chi connectivity index (χ0v) is 8.61. The SMILES string of the molecule is CCCc1ccccn1.O=S(=O)(O)O. The van der Waals surface area contributed by atoms with Crippen molar-refractivity contribution in [3.8, 4) is 0 Å². The molecular weight excluding hydrogens is 206 g/mol. The van der Waals surface area contributed by atoms with Crippen molar-refractivity contribution in [1.29, 1.82) is 0 Å². The maximum Gasteiger partial charge on any atom is 0.394 e. The van der Waals surface area contributed by atoms with E-state index in [1.807, 2.05) is 18.3 Å². The number of rotatable bonds is 2. The molecule has 0 aliphatic carbocycles. The van der Waals surface area contributed by atoms with Crippen LogP contribution in [0.15, 0.2) is 24.4 Å². The van der Waals surface area contributed by atoms with E-state index < -0.39 is 10.4 Å². The zero-order chi connectivity index (χ0) is 11.0. The van der Waals surface area contributed by atoms with Gasteiger partial charge in [-0.3, -0.25) is 14.1 Å². The van der Waals surface area contributed by atoms with E-state index in [0.29, 0.717) is 0 Å². The van der Waals surface area contributed by atoms with E-state index in [4.69, 9.17) is 17.5 Å². The summed E-state index contributed by atoms with van der Waals surface area (Å²) in [5.41, 5.74) is 1.19. The summed E-state index contributed by atoms with van der Waals surface area (Å²) in [6.45, 7) is 2.16. The molecule has 0 aliphatic heterocycles. The normalized spacial score (nSPS) is 10.2. The Kier molecular flexibility index (Phi) is 6.02. The molecule has 2 N–H and O–H groups in total. The molecule has 0 atom stereocenters. The van der Waals surface area contributed by atoms with Gasteiger partial charge in [-0.05, 0) is 18.6 Å². The smallest absolute Gasteiger partial charge is 0.264 e. The number of pyridine rings is 1. The van der Waals surface area contributed by atoms with Crippen LogP contribution in [-0.2, 0) is 16.8 Å². The second-order valence-electron chi connectivity index (χ2n) is 2.52. The molecule has 80 valence electrons. The van der Waals surface area contributed by atoms with Crippen molar-refractivity contribution in [3.63, 3.8) is 0 Å². The molecule has 1 aromatic heterocycles. The van der Waals surface area contributed by atoms with Gasteiger partial charge in [0.25, 0.3) is 0 Å². The number of aryl methyl sites for hydroxylation is 1. The van der Waals surface area contributed by atoms with Crippen molar-refractivity contribution in [1.82, 2.24) is 4.98 Å². The second-order valence-corrected chi connectivity index (χ2v) is 3.41. The van der Waals surface area contributed by atoms with Gasteiger partial charge in [0.1, 0.15) is 0 Å². The van der Waals surface area contributed by atoms with Gasteiger partial charge >= 0.3 is 10.4 Å². The second kappa shape index (κ2) is 6.47. The van der Waals surface area contributed by atoms with E-state index in [0.717, 1.165) is 6.42 Å². The van der Waals surface area contributed by atoms with Crippen LogP contribution in [0.25, 0.3) is 0 Å². The molecule has 6 heteroatoms. The Hall–Kier alpha value is -0.980. The molecule has 1 heterocycles. The molecule has 0 radical (unpaired) electrons. The summed E-state index contributed by atoms with van der Waals surface area (Å²) in [4.78, 5) is 4.17. The number of aromatic nitrogens is 1. The van der Waals surface area contributed by atoms with Crippen LogP contribution in [-0.4, -0.2) is 22.5 Å². The molecule has 0 aliphatic rings. The summed E-state index contributed by atoms with van der Waals surface area (Å²) >= 11 is 0. The first-order valence-electron chi connectivity index (χ1n) is 4.03. The first-order chi connectivity index (χ1) is 6.43. The molecule has 0 fully saturated rings. The Morgan fingerprint density at radius 2 is 1.93 bits per heavy atom. The highest BCUT2D eigenvalue weighted by Gasteiger charge is 1.86. The van der Waals surface area contributed by atoms with Crippen LogP contribution in [0.5, 0.6) is 0 Å². The fourth-order valence-electron chi connectivity index (χ4n) is 0.802. The average molecular weight is 219 g/mol. The van der Waals surface area contributed by atoms with Gasteiger partial charge in [0.15, 0.2) is 0 Å². The lowest BCUT2D eigenvalue weighted by Crippen LogP contribution is -1.89. The van der Waals surface area contributed by atoms with E-state index >= 15 is 0 Å². The molecule has 0 saturated heterocycles. The fraction of sp³-hybridized carbons (Fsp3) is 0.375. The van der Waals surface area contributed by atoms with Crippen LogP contribution < -0.4 is 0 Å². The highest BCUT2D eigenvalue weighted by atomic mass is 32.3. The molecule has 0 aromatic carbocycles. The highest BCUT2D eigenvalue weighted by molar-refractivity contribution is 7.79. The van der Waals surface area contributed by atoms with Crippen LogP contribution in [0, 0.1) is 0 Å². The molecule has 5 nitrogen and oxygen atoms in total. The Balaban J connectivity index is 0.000000292. The molecule has 1 rings (SSSR count). The highest BCUT2D eigenvalue weighted by Crippen LogP contribution is 1.95. The lowest BCUT2D eigenvalue weighted by molar-refractivity contribution is 0.381. The first-order valence-corrected chi connectivity index (χ1v) is 5.43. The van der Waals surface area contributed by atoms with Gasteiger partial charge in [-0.1, -0.05) is 19.4 Å². The summed E-state index contributed by atoms with van der Waals surface area (Å²) in [5.74, 6) is 0. The van der Waals surface area contributed by atoms with Gasteiger partial charge in [-0.25, -0.2) is 0 Å². The van der Waals surface area contributed by atoms with Gasteiger partial charge in [-0.2, -0.15) is 8.42 Å². The van der Waals surface area contributed by atoms with E-state index in [-0.39, 0.29) is 0 Å². The van der Waals surface area contributed by atoms with Gasteiger partial charge in [-0.15, -0.1) is 0 Å². The predicted molar refractivity (Wildman–Crippen MR) is 52.4 cm³/mol. The van der Waals surface area contributed by atoms with Gasteiger partial charge < -0.3 is 0 Å². The van der Waals surface area contributed by atoms with Crippen molar-refractivity contribution in [2.45, 2.75) is 19.8 Å². The average Bonchev–Trinajstić information content (AvgIpc) is 2.03. The van der Waals surface area contributed by atoms with Gasteiger partial charge in [0.05, 0.1) is 0 Å². The quantitative estimate of drug-likeness (QED) is 0.734. The van der Waals surface area contributed by atoms with E-state index in [9.17, 15) is 0 Å². The largest absolute Gasteiger partial charge is 0.394 e. The van der Waals surface area contributed by atoms with E-state index in [1.54, 1.807) is 0 Å². The zero-order valence-electron chi connectivity index (χ0n) is 7.79. The van der Waals surface area contributed by atoms with Crippen LogP contribution >= 0.6 is 0 Å².